The van der Waals surface area contributed by atoms with Crippen LogP contribution in [0.25, 0.3) is 22.2 Å². The van der Waals surface area contributed by atoms with Crippen molar-refractivity contribution in [3.63, 3.8) is 0 Å². The van der Waals surface area contributed by atoms with Gasteiger partial charge in [0.2, 0.25) is 0 Å². The van der Waals surface area contributed by atoms with Crippen molar-refractivity contribution in [3.8, 4) is 11.3 Å². The van der Waals surface area contributed by atoms with Crippen molar-refractivity contribution in [2.45, 2.75) is 13.8 Å². The lowest BCUT2D eigenvalue weighted by Crippen LogP contribution is -2.36. The normalized spacial score (nSPS) is 11.5. The molecule has 1 heterocycles. The molecular weight excluding hydrogens is 366 g/mol. The average molecular weight is 387 g/mol. The van der Waals surface area contributed by atoms with Gasteiger partial charge in [0.25, 0.3) is 0 Å². The molecule has 0 spiro atoms. The lowest BCUT2D eigenvalue weighted by molar-refractivity contribution is 0.139. The van der Waals surface area contributed by atoms with E-state index in [0.717, 1.165) is 22.2 Å². The first-order chi connectivity index (χ1) is 12.8. The number of amides is 1. The lowest BCUT2D eigenvalue weighted by atomic mass is 10.1. The minimum absolute atomic E-state index is 0.111. The molecule has 0 radical (unpaired) electrons. The van der Waals surface area contributed by atoms with E-state index in [1.165, 1.54) is 0 Å². The molecule has 142 valence electrons. The molecule has 0 saturated heterocycles. The van der Waals surface area contributed by atoms with Crippen molar-refractivity contribution in [1.82, 2.24) is 9.71 Å². The zero-order chi connectivity index (χ0) is 19.4. The van der Waals surface area contributed by atoms with Crippen LogP contribution in [-0.4, -0.2) is 26.1 Å². The first-order valence-electron chi connectivity index (χ1n) is 8.48. The molecule has 0 saturated carbocycles. The number of hydrogen-bond donors (Lipinski definition) is 3. The first-order valence-corrected chi connectivity index (χ1v) is 9.96. The van der Waals surface area contributed by atoms with Gasteiger partial charge in [0.15, 0.2) is 0 Å². The predicted octanol–water partition coefficient (Wildman–Crippen LogP) is 3.87. The summed E-state index contributed by atoms with van der Waals surface area (Å²) in [6.45, 7) is 3.85. The molecular formula is C19H21N3O4S. The number of H-pyrrole nitrogens is 1. The van der Waals surface area contributed by atoms with Crippen LogP contribution in [-0.2, 0) is 14.9 Å². The second-order valence-corrected chi connectivity index (χ2v) is 7.97. The number of rotatable bonds is 6. The molecule has 27 heavy (non-hydrogen) atoms. The highest BCUT2D eigenvalue weighted by Gasteiger charge is 2.16. The molecule has 0 aliphatic heterocycles. The highest BCUT2D eigenvalue weighted by molar-refractivity contribution is 7.91. The molecule has 7 nitrogen and oxygen atoms in total. The number of carbonyl (C=O) groups is 1. The van der Waals surface area contributed by atoms with Crippen LogP contribution in [0.2, 0.25) is 0 Å². The number of nitrogens with one attached hydrogen (secondary N) is 3. The van der Waals surface area contributed by atoms with Gasteiger partial charge in [-0.3, -0.25) is 4.72 Å². The number of para-hydroxylation sites is 1. The number of anilines is 1. The second kappa shape index (κ2) is 7.71. The third-order valence-corrected chi connectivity index (χ3v) is 4.66. The van der Waals surface area contributed by atoms with Crippen LogP contribution >= 0.6 is 0 Å². The summed E-state index contributed by atoms with van der Waals surface area (Å²) >= 11 is 0. The van der Waals surface area contributed by atoms with E-state index in [2.05, 4.69) is 9.71 Å². The summed E-state index contributed by atoms with van der Waals surface area (Å²) in [7, 11) is -4.09. The van der Waals surface area contributed by atoms with Crippen LogP contribution in [0.5, 0.6) is 0 Å². The largest absolute Gasteiger partial charge is 0.449 e. The Kier molecular flexibility index (Phi) is 5.36. The summed E-state index contributed by atoms with van der Waals surface area (Å²) in [4.78, 5) is 14.9. The van der Waals surface area contributed by atoms with Crippen LogP contribution in [0.15, 0.2) is 54.6 Å². The van der Waals surface area contributed by atoms with Gasteiger partial charge in [0.05, 0.1) is 12.3 Å². The van der Waals surface area contributed by atoms with E-state index in [1.54, 1.807) is 18.2 Å². The fourth-order valence-electron chi connectivity index (χ4n) is 2.54. The summed E-state index contributed by atoms with van der Waals surface area (Å²) in [5.41, 5.74) is 3.00. The van der Waals surface area contributed by atoms with E-state index in [4.69, 9.17) is 4.74 Å². The van der Waals surface area contributed by atoms with Gasteiger partial charge in [-0.25, -0.2) is 9.52 Å². The number of carbonyl (C=O) groups excluding carboxylic acids is 1. The van der Waals surface area contributed by atoms with Crippen LogP contribution in [0, 0.1) is 5.92 Å². The Bertz CT molecular complexity index is 1020. The fraction of sp³-hybridized carbons (Fsp3) is 0.211. The molecule has 3 aromatic rings. The van der Waals surface area contributed by atoms with Crippen molar-refractivity contribution in [2.24, 2.45) is 5.92 Å². The lowest BCUT2D eigenvalue weighted by Gasteiger charge is -2.11. The van der Waals surface area contributed by atoms with Gasteiger partial charge in [-0.1, -0.05) is 44.2 Å². The molecule has 8 heteroatoms. The number of aromatic amines is 1. The second-order valence-electron chi connectivity index (χ2n) is 6.55. The SMILES string of the molecule is CC(C)COC(=O)NS(=O)(=O)Nc1cccc(-c2cc3ccccc3[nH]2)c1. The van der Waals surface area contributed by atoms with E-state index in [1.807, 2.05) is 55.0 Å². The third-order valence-electron chi connectivity index (χ3n) is 3.72. The summed E-state index contributed by atoms with van der Waals surface area (Å²) in [6.07, 6.45) is -1.01. The van der Waals surface area contributed by atoms with Crippen LogP contribution in [0.4, 0.5) is 10.5 Å². The molecule has 0 aliphatic carbocycles. The van der Waals surface area contributed by atoms with Gasteiger partial charge in [0, 0.05) is 22.2 Å². The van der Waals surface area contributed by atoms with Crippen molar-refractivity contribution in [2.75, 3.05) is 11.3 Å². The van der Waals surface area contributed by atoms with Crippen LogP contribution in [0.3, 0.4) is 0 Å². The molecule has 2 aromatic carbocycles. The predicted molar refractivity (Wildman–Crippen MR) is 106 cm³/mol. The van der Waals surface area contributed by atoms with Crippen molar-refractivity contribution in [3.05, 3.63) is 54.6 Å². The molecule has 0 aliphatic rings. The van der Waals surface area contributed by atoms with Gasteiger partial charge in [-0.05, 0) is 30.2 Å². The zero-order valence-electron chi connectivity index (χ0n) is 15.0. The Morgan fingerprint density at radius 1 is 1.11 bits per heavy atom. The molecule has 3 N–H and O–H groups in total. The van der Waals surface area contributed by atoms with Crippen molar-refractivity contribution < 1.29 is 17.9 Å². The minimum atomic E-state index is -4.09. The van der Waals surface area contributed by atoms with E-state index < -0.39 is 16.3 Å². The fourth-order valence-corrected chi connectivity index (χ4v) is 3.31. The Morgan fingerprint density at radius 2 is 1.89 bits per heavy atom. The molecule has 0 fully saturated rings. The standard InChI is InChI=1S/C19H21N3O4S/c1-13(2)12-26-19(23)22-27(24,25)21-16-8-5-7-14(10-16)18-11-15-6-3-4-9-17(15)20-18/h3-11,13,20-21H,12H2,1-2H3,(H,22,23). The summed E-state index contributed by atoms with van der Waals surface area (Å²) < 4.78 is 33.2. The number of aromatic nitrogens is 1. The first kappa shape index (κ1) is 18.8. The van der Waals surface area contributed by atoms with E-state index in [-0.39, 0.29) is 12.5 Å². The van der Waals surface area contributed by atoms with Gasteiger partial charge >= 0.3 is 16.3 Å². The maximum Gasteiger partial charge on any atom is 0.422 e. The highest BCUT2D eigenvalue weighted by atomic mass is 32.2. The zero-order valence-corrected chi connectivity index (χ0v) is 15.8. The molecule has 0 unspecified atom stereocenters. The minimum Gasteiger partial charge on any atom is -0.449 e. The smallest absolute Gasteiger partial charge is 0.422 e. The van der Waals surface area contributed by atoms with E-state index in [9.17, 15) is 13.2 Å². The van der Waals surface area contributed by atoms with Crippen molar-refractivity contribution in [1.29, 1.82) is 0 Å². The third kappa shape index (κ3) is 5.01. The number of hydrogen-bond acceptors (Lipinski definition) is 4. The Balaban J connectivity index is 1.74. The number of ether oxygens (including phenoxy) is 1. The monoisotopic (exact) mass is 387 g/mol. The summed E-state index contributed by atoms with van der Waals surface area (Å²) in [5.74, 6) is 0.111. The van der Waals surface area contributed by atoms with E-state index in [0.29, 0.717) is 5.69 Å². The van der Waals surface area contributed by atoms with Gasteiger partial charge in [-0.15, -0.1) is 0 Å². The Morgan fingerprint density at radius 3 is 2.63 bits per heavy atom. The van der Waals surface area contributed by atoms with Crippen LogP contribution < -0.4 is 9.44 Å². The molecule has 3 rings (SSSR count). The Hall–Kier alpha value is -3.00. The summed E-state index contributed by atoms with van der Waals surface area (Å²) in [5, 5.41) is 1.06. The number of benzene rings is 2. The summed E-state index contributed by atoms with van der Waals surface area (Å²) in [6, 6.07) is 16.7. The average Bonchev–Trinajstić information content (AvgIpc) is 3.03. The van der Waals surface area contributed by atoms with Gasteiger partial charge in [0.1, 0.15) is 0 Å². The number of fused-ring (bicyclic) bond motifs is 1. The highest BCUT2D eigenvalue weighted by Crippen LogP contribution is 2.26. The Labute approximate surface area is 157 Å². The van der Waals surface area contributed by atoms with E-state index >= 15 is 0 Å². The topological polar surface area (TPSA) is 100 Å². The molecule has 0 bridgehead atoms. The van der Waals surface area contributed by atoms with Gasteiger partial charge < -0.3 is 9.72 Å². The van der Waals surface area contributed by atoms with Gasteiger partial charge in [-0.2, -0.15) is 8.42 Å². The maximum absolute atomic E-state index is 12.1. The van der Waals surface area contributed by atoms with Crippen molar-refractivity contribution >= 4 is 32.9 Å². The van der Waals surface area contributed by atoms with Crippen LogP contribution in [0.1, 0.15) is 13.8 Å². The quantitative estimate of drug-likeness (QED) is 0.598. The molecule has 1 aromatic heterocycles. The molecule has 1 amide bonds. The molecule has 0 atom stereocenters. The maximum atomic E-state index is 12.1.